The van der Waals surface area contributed by atoms with Crippen molar-refractivity contribution >= 4 is 11.8 Å². The summed E-state index contributed by atoms with van der Waals surface area (Å²) in [6.45, 7) is 2.41. The number of amides is 2. The maximum atomic E-state index is 11.9. The Bertz CT molecular complexity index is 626. The summed E-state index contributed by atoms with van der Waals surface area (Å²) in [5, 5.41) is 5.38. The Hall–Kier alpha value is -2.76. The predicted octanol–water partition coefficient (Wildman–Crippen LogP) is 2.26. The molecule has 0 unspecified atom stereocenters. The van der Waals surface area contributed by atoms with Gasteiger partial charge in [-0.3, -0.25) is 9.59 Å². The van der Waals surface area contributed by atoms with E-state index in [0.29, 0.717) is 31.8 Å². The fourth-order valence-electron chi connectivity index (χ4n) is 2.06. The van der Waals surface area contributed by atoms with Crippen LogP contribution in [0.15, 0.2) is 53.1 Å². The Morgan fingerprint density at radius 1 is 1.17 bits per heavy atom. The molecular weight excluding hydrogens is 308 g/mol. The van der Waals surface area contributed by atoms with Crippen LogP contribution < -0.4 is 15.4 Å². The van der Waals surface area contributed by atoms with Crippen molar-refractivity contribution in [1.29, 1.82) is 0 Å². The molecule has 0 saturated carbocycles. The number of nitrogens with one attached hydrogen (secondary N) is 2. The van der Waals surface area contributed by atoms with Crippen LogP contribution in [0, 0.1) is 0 Å². The van der Waals surface area contributed by atoms with Crippen LogP contribution in [0.5, 0.6) is 5.75 Å². The van der Waals surface area contributed by atoms with E-state index >= 15 is 0 Å². The normalized spacial score (nSPS) is 11.5. The van der Waals surface area contributed by atoms with E-state index in [2.05, 4.69) is 10.6 Å². The van der Waals surface area contributed by atoms with Crippen LogP contribution >= 0.6 is 0 Å². The maximum absolute atomic E-state index is 11.9. The molecule has 1 atom stereocenters. The summed E-state index contributed by atoms with van der Waals surface area (Å²) < 4.78 is 10.6. The summed E-state index contributed by atoms with van der Waals surface area (Å²) in [6.07, 6.45) is 2.44. The molecule has 0 spiro atoms. The lowest BCUT2D eigenvalue weighted by Crippen LogP contribution is -2.44. The fraction of sp³-hybridized carbons (Fsp3) is 0.333. The second-order valence-corrected chi connectivity index (χ2v) is 5.35. The predicted molar refractivity (Wildman–Crippen MR) is 89.3 cm³/mol. The van der Waals surface area contributed by atoms with Crippen LogP contribution in [0.1, 0.15) is 25.5 Å². The number of carbonyl (C=O) groups excluding carboxylic acids is 2. The van der Waals surface area contributed by atoms with Gasteiger partial charge in [0.15, 0.2) is 0 Å². The van der Waals surface area contributed by atoms with Crippen molar-refractivity contribution in [1.82, 2.24) is 10.6 Å². The minimum Gasteiger partial charge on any atom is -0.494 e. The first-order chi connectivity index (χ1) is 11.6. The van der Waals surface area contributed by atoms with Crippen molar-refractivity contribution in [3.8, 4) is 5.75 Å². The van der Waals surface area contributed by atoms with E-state index in [0.717, 1.165) is 5.75 Å². The van der Waals surface area contributed by atoms with Gasteiger partial charge in [0.05, 0.1) is 19.4 Å². The standard InChI is InChI=1S/C18H22N2O4/c1-14(18(22)19-13-16-9-5-11-24-16)20-17(21)10-6-12-23-15-7-3-2-4-8-15/h2-5,7-9,11,14H,6,10,12-13H2,1H3,(H,19,22)(H,20,21)/t14-/m0/s1. The van der Waals surface area contributed by atoms with Gasteiger partial charge in [-0.1, -0.05) is 18.2 Å². The zero-order valence-corrected chi connectivity index (χ0v) is 13.7. The molecule has 1 aromatic heterocycles. The van der Waals surface area contributed by atoms with E-state index in [1.54, 1.807) is 25.3 Å². The Morgan fingerprint density at radius 3 is 2.67 bits per heavy atom. The van der Waals surface area contributed by atoms with Crippen molar-refractivity contribution < 1.29 is 18.7 Å². The minimum atomic E-state index is -0.595. The number of hydrogen-bond acceptors (Lipinski definition) is 4. The highest BCUT2D eigenvalue weighted by Crippen LogP contribution is 2.08. The van der Waals surface area contributed by atoms with Crippen molar-refractivity contribution in [2.75, 3.05) is 6.61 Å². The molecular formula is C18H22N2O4. The average molecular weight is 330 g/mol. The lowest BCUT2D eigenvalue weighted by atomic mass is 10.2. The number of hydrogen-bond donors (Lipinski definition) is 2. The molecule has 2 amide bonds. The van der Waals surface area contributed by atoms with Gasteiger partial charge in [0.1, 0.15) is 17.6 Å². The molecule has 128 valence electrons. The van der Waals surface area contributed by atoms with Gasteiger partial charge in [0.2, 0.25) is 11.8 Å². The van der Waals surface area contributed by atoms with E-state index in [4.69, 9.17) is 9.15 Å². The van der Waals surface area contributed by atoms with E-state index in [-0.39, 0.29) is 11.8 Å². The molecule has 2 rings (SSSR count). The Morgan fingerprint density at radius 2 is 1.96 bits per heavy atom. The second kappa shape index (κ2) is 9.39. The molecule has 0 aliphatic carbocycles. The summed E-state index contributed by atoms with van der Waals surface area (Å²) in [5.74, 6) is 1.02. The van der Waals surface area contributed by atoms with Gasteiger partial charge in [-0.05, 0) is 37.6 Å². The van der Waals surface area contributed by atoms with Gasteiger partial charge in [-0.25, -0.2) is 0 Å². The lowest BCUT2D eigenvalue weighted by Gasteiger charge is -2.13. The minimum absolute atomic E-state index is 0.174. The van der Waals surface area contributed by atoms with Crippen LogP contribution in [-0.2, 0) is 16.1 Å². The number of ether oxygens (including phenoxy) is 1. The van der Waals surface area contributed by atoms with Crippen LogP contribution in [-0.4, -0.2) is 24.5 Å². The number of rotatable bonds is 9. The van der Waals surface area contributed by atoms with Gasteiger partial charge in [0, 0.05) is 6.42 Å². The Labute approximate surface area is 141 Å². The Kier molecular flexibility index (Phi) is 6.89. The molecule has 6 heteroatoms. The van der Waals surface area contributed by atoms with E-state index in [9.17, 15) is 9.59 Å². The zero-order chi connectivity index (χ0) is 17.2. The maximum Gasteiger partial charge on any atom is 0.242 e. The van der Waals surface area contributed by atoms with Crippen molar-refractivity contribution in [3.05, 3.63) is 54.5 Å². The van der Waals surface area contributed by atoms with Gasteiger partial charge in [-0.15, -0.1) is 0 Å². The van der Waals surface area contributed by atoms with Gasteiger partial charge in [0.25, 0.3) is 0 Å². The monoisotopic (exact) mass is 330 g/mol. The van der Waals surface area contributed by atoms with Gasteiger partial charge >= 0.3 is 0 Å². The first-order valence-corrected chi connectivity index (χ1v) is 7.92. The highest BCUT2D eigenvalue weighted by atomic mass is 16.5. The summed E-state index contributed by atoms with van der Waals surface area (Å²) in [6, 6.07) is 12.4. The average Bonchev–Trinajstić information content (AvgIpc) is 3.11. The fourth-order valence-corrected chi connectivity index (χ4v) is 2.06. The quantitative estimate of drug-likeness (QED) is 0.691. The van der Waals surface area contributed by atoms with E-state index < -0.39 is 6.04 Å². The Balaban J connectivity index is 1.59. The third-order valence-corrected chi connectivity index (χ3v) is 3.35. The van der Waals surface area contributed by atoms with E-state index in [1.165, 1.54) is 0 Å². The van der Waals surface area contributed by atoms with Crippen molar-refractivity contribution in [2.24, 2.45) is 0 Å². The highest BCUT2D eigenvalue weighted by Gasteiger charge is 2.15. The van der Waals surface area contributed by atoms with Crippen LogP contribution in [0.2, 0.25) is 0 Å². The summed E-state index contributed by atoms with van der Waals surface area (Å²) in [7, 11) is 0. The van der Waals surface area contributed by atoms with E-state index in [1.807, 2.05) is 30.3 Å². The number of furan rings is 1. The molecule has 0 aliphatic heterocycles. The molecule has 2 N–H and O–H groups in total. The largest absolute Gasteiger partial charge is 0.494 e. The first-order valence-electron chi connectivity index (χ1n) is 7.92. The first kappa shape index (κ1) is 17.6. The zero-order valence-electron chi connectivity index (χ0n) is 13.7. The van der Waals surface area contributed by atoms with Crippen LogP contribution in [0.3, 0.4) is 0 Å². The molecule has 2 aromatic rings. The molecule has 6 nitrogen and oxygen atoms in total. The second-order valence-electron chi connectivity index (χ2n) is 5.35. The summed E-state index contributed by atoms with van der Waals surface area (Å²) in [5.41, 5.74) is 0. The molecule has 0 bridgehead atoms. The van der Waals surface area contributed by atoms with Crippen LogP contribution in [0.25, 0.3) is 0 Å². The summed E-state index contributed by atoms with van der Waals surface area (Å²) in [4.78, 5) is 23.7. The molecule has 24 heavy (non-hydrogen) atoms. The third-order valence-electron chi connectivity index (χ3n) is 3.35. The van der Waals surface area contributed by atoms with Crippen LogP contribution in [0.4, 0.5) is 0 Å². The summed E-state index contributed by atoms with van der Waals surface area (Å²) >= 11 is 0. The molecule has 1 heterocycles. The molecule has 1 aromatic carbocycles. The van der Waals surface area contributed by atoms with Gasteiger partial charge < -0.3 is 19.8 Å². The van der Waals surface area contributed by atoms with Gasteiger partial charge in [-0.2, -0.15) is 0 Å². The number of carbonyl (C=O) groups is 2. The lowest BCUT2D eigenvalue weighted by molar-refractivity contribution is -0.128. The smallest absolute Gasteiger partial charge is 0.242 e. The molecule has 0 radical (unpaired) electrons. The molecule has 0 fully saturated rings. The number of benzene rings is 1. The molecule has 0 saturated heterocycles. The van der Waals surface area contributed by atoms with Crippen molar-refractivity contribution in [3.63, 3.8) is 0 Å². The third kappa shape index (κ3) is 6.16. The highest BCUT2D eigenvalue weighted by molar-refractivity contribution is 5.87. The van der Waals surface area contributed by atoms with Crippen molar-refractivity contribution in [2.45, 2.75) is 32.4 Å². The number of para-hydroxylation sites is 1. The SMILES string of the molecule is C[C@H](NC(=O)CCCOc1ccccc1)C(=O)NCc1ccco1. The topological polar surface area (TPSA) is 80.6 Å². The molecule has 0 aliphatic rings.